The second kappa shape index (κ2) is 5.14. The molecule has 1 N–H and O–H groups in total. The van der Waals surface area contributed by atoms with Crippen LogP contribution in [0.15, 0.2) is 18.5 Å². The number of nitrogens with one attached hydrogen (secondary N) is 1. The summed E-state index contributed by atoms with van der Waals surface area (Å²) < 4.78 is 0. The van der Waals surface area contributed by atoms with Crippen molar-refractivity contribution in [1.82, 2.24) is 15.2 Å². The second-order valence-electron chi connectivity index (χ2n) is 3.79. The van der Waals surface area contributed by atoms with Crippen LogP contribution in [-0.4, -0.2) is 41.3 Å². The summed E-state index contributed by atoms with van der Waals surface area (Å²) in [4.78, 5) is 28.8. The van der Waals surface area contributed by atoms with Crippen molar-refractivity contribution < 1.29 is 9.59 Å². The molecule has 0 saturated carbocycles. The molecule has 2 heterocycles. The fraction of sp³-hybridized carbons (Fsp3) is 0.364. The van der Waals surface area contributed by atoms with Gasteiger partial charge in [-0.3, -0.25) is 14.6 Å². The molecular weight excluding hydrogens is 242 g/mol. The first-order chi connectivity index (χ1) is 8.18. The minimum Gasteiger partial charge on any atom is -0.354 e. The van der Waals surface area contributed by atoms with Gasteiger partial charge >= 0.3 is 0 Å². The van der Waals surface area contributed by atoms with Gasteiger partial charge in [0.15, 0.2) is 0 Å². The van der Waals surface area contributed by atoms with Crippen LogP contribution in [0.4, 0.5) is 0 Å². The van der Waals surface area contributed by atoms with Crippen LogP contribution in [0.3, 0.4) is 0 Å². The van der Waals surface area contributed by atoms with Crippen LogP contribution < -0.4 is 5.32 Å². The molecule has 0 atom stereocenters. The second-order valence-corrected chi connectivity index (χ2v) is 4.19. The van der Waals surface area contributed by atoms with Gasteiger partial charge in [-0.25, -0.2) is 0 Å². The predicted octanol–water partition coefficient (Wildman–Crippen LogP) is 0.697. The summed E-state index contributed by atoms with van der Waals surface area (Å²) in [5.41, 5.74) is 0.386. The fourth-order valence-electron chi connectivity index (χ4n) is 1.70. The Bertz CT molecular complexity index is 450. The lowest BCUT2D eigenvalue weighted by Gasteiger charge is -2.19. The third-order valence-electron chi connectivity index (χ3n) is 2.55. The standard InChI is InChI=1S/C11H12ClN3O2/c12-9-6-13-4-2-8(9)11(17)15-5-1-3-14-10(16)7-15/h2,4,6H,1,3,5,7H2,(H,14,16). The quantitative estimate of drug-likeness (QED) is 0.801. The maximum Gasteiger partial charge on any atom is 0.255 e. The first-order valence-electron chi connectivity index (χ1n) is 5.34. The number of nitrogens with zero attached hydrogens (tertiary/aromatic N) is 2. The van der Waals surface area contributed by atoms with Crippen LogP contribution in [0, 0.1) is 0 Å². The maximum atomic E-state index is 12.2. The Labute approximate surface area is 104 Å². The number of rotatable bonds is 1. The van der Waals surface area contributed by atoms with Gasteiger partial charge in [-0.05, 0) is 12.5 Å². The molecule has 5 nitrogen and oxygen atoms in total. The third kappa shape index (κ3) is 2.74. The van der Waals surface area contributed by atoms with Crippen LogP contribution in [-0.2, 0) is 4.79 Å². The monoisotopic (exact) mass is 253 g/mol. The number of halogens is 1. The van der Waals surface area contributed by atoms with Gasteiger partial charge < -0.3 is 10.2 Å². The first kappa shape index (κ1) is 11.9. The van der Waals surface area contributed by atoms with E-state index in [1.54, 1.807) is 6.07 Å². The van der Waals surface area contributed by atoms with E-state index in [0.717, 1.165) is 6.42 Å². The number of carbonyl (C=O) groups is 2. The molecule has 1 aromatic heterocycles. The van der Waals surface area contributed by atoms with E-state index >= 15 is 0 Å². The third-order valence-corrected chi connectivity index (χ3v) is 2.85. The Morgan fingerprint density at radius 1 is 1.53 bits per heavy atom. The average molecular weight is 254 g/mol. The molecule has 1 fully saturated rings. The summed E-state index contributed by atoms with van der Waals surface area (Å²) in [6.45, 7) is 1.24. The molecule has 17 heavy (non-hydrogen) atoms. The van der Waals surface area contributed by atoms with E-state index in [2.05, 4.69) is 10.3 Å². The molecule has 0 aliphatic carbocycles. The summed E-state index contributed by atoms with van der Waals surface area (Å²) in [6.07, 6.45) is 3.68. The Hall–Kier alpha value is -1.62. The molecule has 2 amide bonds. The zero-order valence-electron chi connectivity index (χ0n) is 9.15. The van der Waals surface area contributed by atoms with Crippen molar-refractivity contribution >= 4 is 23.4 Å². The van der Waals surface area contributed by atoms with Crippen LogP contribution in [0.5, 0.6) is 0 Å². The lowest BCUT2D eigenvalue weighted by Crippen LogP contribution is -2.37. The van der Waals surface area contributed by atoms with Crippen LogP contribution in [0.25, 0.3) is 0 Å². The summed E-state index contributed by atoms with van der Waals surface area (Å²) in [5, 5.41) is 3.02. The number of pyridine rings is 1. The molecule has 1 aliphatic heterocycles. The van der Waals surface area contributed by atoms with Gasteiger partial charge in [0, 0.05) is 25.5 Å². The highest BCUT2D eigenvalue weighted by Crippen LogP contribution is 2.16. The molecule has 2 rings (SSSR count). The lowest BCUT2D eigenvalue weighted by atomic mass is 10.2. The molecule has 0 unspecified atom stereocenters. The van der Waals surface area contributed by atoms with Crippen molar-refractivity contribution in [2.24, 2.45) is 0 Å². The van der Waals surface area contributed by atoms with Crippen LogP contribution in [0.1, 0.15) is 16.8 Å². The Kier molecular flexibility index (Phi) is 3.58. The van der Waals surface area contributed by atoms with E-state index in [0.29, 0.717) is 23.7 Å². The van der Waals surface area contributed by atoms with Gasteiger partial charge in [-0.1, -0.05) is 11.6 Å². The summed E-state index contributed by atoms with van der Waals surface area (Å²) in [7, 11) is 0. The number of hydrogen-bond donors (Lipinski definition) is 1. The summed E-state index contributed by atoms with van der Waals surface area (Å²) in [6, 6.07) is 1.56. The minimum atomic E-state index is -0.227. The SMILES string of the molecule is O=C1CN(C(=O)c2ccncc2Cl)CCCN1. The molecule has 1 aromatic rings. The van der Waals surface area contributed by atoms with Gasteiger partial charge in [0.2, 0.25) is 5.91 Å². The molecule has 6 heteroatoms. The van der Waals surface area contributed by atoms with Crippen molar-refractivity contribution in [3.8, 4) is 0 Å². The van der Waals surface area contributed by atoms with Gasteiger partial charge in [0.05, 0.1) is 17.1 Å². The normalized spacial score (nSPS) is 16.3. The van der Waals surface area contributed by atoms with Crippen molar-refractivity contribution in [1.29, 1.82) is 0 Å². The lowest BCUT2D eigenvalue weighted by molar-refractivity contribution is -0.121. The summed E-state index contributed by atoms with van der Waals surface area (Å²) >= 11 is 5.90. The van der Waals surface area contributed by atoms with Crippen molar-refractivity contribution in [2.75, 3.05) is 19.6 Å². The van der Waals surface area contributed by atoms with Gasteiger partial charge in [-0.2, -0.15) is 0 Å². The number of hydrogen-bond acceptors (Lipinski definition) is 3. The van der Waals surface area contributed by atoms with Crippen LogP contribution >= 0.6 is 11.6 Å². The highest BCUT2D eigenvalue weighted by molar-refractivity contribution is 6.33. The molecule has 1 aliphatic rings. The topological polar surface area (TPSA) is 62.3 Å². The zero-order valence-corrected chi connectivity index (χ0v) is 9.91. The minimum absolute atomic E-state index is 0.0808. The fourth-order valence-corrected chi connectivity index (χ4v) is 1.90. The summed E-state index contributed by atoms with van der Waals surface area (Å²) in [5.74, 6) is -0.365. The van der Waals surface area contributed by atoms with Gasteiger partial charge in [-0.15, -0.1) is 0 Å². The average Bonchev–Trinajstić information content (AvgIpc) is 2.54. The van der Waals surface area contributed by atoms with E-state index < -0.39 is 0 Å². The molecule has 0 radical (unpaired) electrons. The smallest absolute Gasteiger partial charge is 0.255 e. The molecule has 0 aromatic carbocycles. The highest BCUT2D eigenvalue weighted by Gasteiger charge is 2.22. The van der Waals surface area contributed by atoms with Crippen molar-refractivity contribution in [2.45, 2.75) is 6.42 Å². The molecule has 1 saturated heterocycles. The van der Waals surface area contributed by atoms with Crippen molar-refractivity contribution in [3.05, 3.63) is 29.0 Å². The number of carbonyl (C=O) groups excluding carboxylic acids is 2. The Morgan fingerprint density at radius 3 is 3.12 bits per heavy atom. The van der Waals surface area contributed by atoms with E-state index in [4.69, 9.17) is 11.6 Å². The largest absolute Gasteiger partial charge is 0.354 e. The highest BCUT2D eigenvalue weighted by atomic mass is 35.5. The van der Waals surface area contributed by atoms with Crippen LogP contribution in [0.2, 0.25) is 5.02 Å². The first-order valence-corrected chi connectivity index (χ1v) is 5.72. The van der Waals surface area contributed by atoms with Gasteiger partial charge in [0.1, 0.15) is 0 Å². The van der Waals surface area contributed by atoms with Crippen molar-refractivity contribution in [3.63, 3.8) is 0 Å². The van der Waals surface area contributed by atoms with E-state index in [1.165, 1.54) is 17.3 Å². The molecular formula is C11H12ClN3O2. The molecule has 90 valence electrons. The maximum absolute atomic E-state index is 12.2. The van der Waals surface area contributed by atoms with E-state index in [-0.39, 0.29) is 18.4 Å². The predicted molar refractivity (Wildman–Crippen MR) is 62.8 cm³/mol. The number of aromatic nitrogens is 1. The van der Waals surface area contributed by atoms with Gasteiger partial charge in [0.25, 0.3) is 5.91 Å². The Morgan fingerprint density at radius 2 is 2.35 bits per heavy atom. The van der Waals surface area contributed by atoms with E-state index in [1.807, 2.05) is 0 Å². The zero-order chi connectivity index (χ0) is 12.3. The Balaban J connectivity index is 2.19. The number of amides is 2. The molecule has 0 spiro atoms. The van der Waals surface area contributed by atoms with E-state index in [9.17, 15) is 9.59 Å². The molecule has 0 bridgehead atoms.